The Morgan fingerprint density at radius 3 is 2.29 bits per heavy atom. The first kappa shape index (κ1) is 15.2. The van der Waals surface area contributed by atoms with Gasteiger partial charge in [0.15, 0.2) is 5.78 Å². The standard InChI is InChI=1S/C16H13F3O2/c17-16(18,19)8-7-14(20)10-15(21)13-6-5-11-3-1-2-4-12(11)9-13/h1-6,9H,7-8,10H2. The van der Waals surface area contributed by atoms with Gasteiger partial charge in [-0.05, 0) is 16.8 Å². The minimum absolute atomic E-state index is 0.342. The summed E-state index contributed by atoms with van der Waals surface area (Å²) in [6, 6.07) is 12.4. The van der Waals surface area contributed by atoms with Gasteiger partial charge in [0.1, 0.15) is 5.78 Å². The van der Waals surface area contributed by atoms with Crippen LogP contribution in [-0.4, -0.2) is 17.7 Å². The van der Waals surface area contributed by atoms with Crippen molar-refractivity contribution in [2.45, 2.75) is 25.4 Å². The Balaban J connectivity index is 2.03. The topological polar surface area (TPSA) is 34.1 Å². The molecule has 0 aliphatic heterocycles. The minimum Gasteiger partial charge on any atom is -0.299 e. The van der Waals surface area contributed by atoms with Crippen LogP contribution in [0.1, 0.15) is 29.6 Å². The lowest BCUT2D eigenvalue weighted by atomic mass is 10.0. The van der Waals surface area contributed by atoms with Crippen LogP contribution in [0.4, 0.5) is 13.2 Å². The van der Waals surface area contributed by atoms with Crippen LogP contribution in [0.2, 0.25) is 0 Å². The molecule has 2 rings (SSSR count). The molecule has 21 heavy (non-hydrogen) atoms. The number of hydrogen-bond acceptors (Lipinski definition) is 2. The van der Waals surface area contributed by atoms with Crippen molar-refractivity contribution in [2.75, 3.05) is 0 Å². The zero-order chi connectivity index (χ0) is 15.5. The summed E-state index contributed by atoms with van der Waals surface area (Å²) >= 11 is 0. The first-order valence-electron chi connectivity index (χ1n) is 6.45. The lowest BCUT2D eigenvalue weighted by Crippen LogP contribution is -2.13. The lowest BCUT2D eigenvalue weighted by Gasteiger charge is -2.05. The van der Waals surface area contributed by atoms with Crippen molar-refractivity contribution in [2.24, 2.45) is 0 Å². The maximum Gasteiger partial charge on any atom is 0.389 e. The quantitative estimate of drug-likeness (QED) is 0.608. The van der Waals surface area contributed by atoms with E-state index in [0.717, 1.165) is 10.8 Å². The van der Waals surface area contributed by atoms with Gasteiger partial charge in [-0.15, -0.1) is 0 Å². The number of rotatable bonds is 5. The molecule has 0 bridgehead atoms. The third kappa shape index (κ3) is 4.41. The third-order valence-corrected chi connectivity index (χ3v) is 3.12. The van der Waals surface area contributed by atoms with E-state index in [0.29, 0.717) is 5.56 Å². The van der Waals surface area contributed by atoms with Crippen molar-refractivity contribution < 1.29 is 22.8 Å². The van der Waals surface area contributed by atoms with Crippen molar-refractivity contribution in [3.8, 4) is 0 Å². The van der Waals surface area contributed by atoms with E-state index < -0.39 is 37.0 Å². The van der Waals surface area contributed by atoms with Crippen molar-refractivity contribution in [3.05, 3.63) is 48.0 Å². The molecule has 0 atom stereocenters. The molecular formula is C16H13F3O2. The summed E-state index contributed by atoms with van der Waals surface area (Å²) in [7, 11) is 0. The summed E-state index contributed by atoms with van der Waals surface area (Å²) in [6.07, 6.45) is -6.70. The second kappa shape index (κ2) is 6.08. The Morgan fingerprint density at radius 1 is 0.952 bits per heavy atom. The number of fused-ring (bicyclic) bond motifs is 1. The SMILES string of the molecule is O=C(CCC(F)(F)F)CC(=O)c1ccc2ccccc2c1. The van der Waals surface area contributed by atoms with Gasteiger partial charge in [0.25, 0.3) is 0 Å². The monoisotopic (exact) mass is 294 g/mol. The van der Waals surface area contributed by atoms with Crippen LogP contribution < -0.4 is 0 Å². The first-order valence-corrected chi connectivity index (χ1v) is 6.45. The molecule has 110 valence electrons. The fourth-order valence-electron chi connectivity index (χ4n) is 2.01. The van der Waals surface area contributed by atoms with Gasteiger partial charge in [-0.3, -0.25) is 9.59 Å². The molecule has 0 fully saturated rings. The molecule has 0 amide bonds. The van der Waals surface area contributed by atoms with Crippen LogP contribution in [-0.2, 0) is 4.79 Å². The van der Waals surface area contributed by atoms with Crippen molar-refractivity contribution in [1.82, 2.24) is 0 Å². The highest BCUT2D eigenvalue weighted by molar-refractivity contribution is 6.09. The molecule has 2 aromatic carbocycles. The van der Waals surface area contributed by atoms with Crippen LogP contribution in [0, 0.1) is 0 Å². The number of Topliss-reactive ketones (excluding diaryl/α,β-unsaturated/α-hetero) is 2. The molecule has 0 spiro atoms. The van der Waals surface area contributed by atoms with Crippen LogP contribution >= 0.6 is 0 Å². The highest BCUT2D eigenvalue weighted by Crippen LogP contribution is 2.22. The molecule has 0 aliphatic rings. The van der Waals surface area contributed by atoms with Gasteiger partial charge in [0.05, 0.1) is 12.8 Å². The normalized spacial score (nSPS) is 11.6. The zero-order valence-electron chi connectivity index (χ0n) is 11.1. The highest BCUT2D eigenvalue weighted by Gasteiger charge is 2.28. The molecule has 0 unspecified atom stereocenters. The number of carbonyl (C=O) groups is 2. The largest absolute Gasteiger partial charge is 0.389 e. The van der Waals surface area contributed by atoms with Gasteiger partial charge in [0.2, 0.25) is 0 Å². The average molecular weight is 294 g/mol. The Hall–Kier alpha value is -2.17. The summed E-state index contributed by atoms with van der Waals surface area (Å²) in [5, 5.41) is 1.81. The van der Waals surface area contributed by atoms with E-state index in [1.807, 2.05) is 24.3 Å². The predicted molar refractivity (Wildman–Crippen MR) is 73.2 cm³/mol. The number of benzene rings is 2. The fraction of sp³-hybridized carbons (Fsp3) is 0.250. The molecule has 0 aromatic heterocycles. The Morgan fingerprint density at radius 2 is 1.62 bits per heavy atom. The van der Waals surface area contributed by atoms with E-state index in [-0.39, 0.29) is 0 Å². The Kier molecular flexibility index (Phi) is 4.40. The van der Waals surface area contributed by atoms with Gasteiger partial charge in [0, 0.05) is 12.0 Å². The molecule has 0 N–H and O–H groups in total. The van der Waals surface area contributed by atoms with Gasteiger partial charge in [-0.1, -0.05) is 36.4 Å². The van der Waals surface area contributed by atoms with Crippen molar-refractivity contribution in [1.29, 1.82) is 0 Å². The summed E-state index contributed by atoms with van der Waals surface area (Å²) in [4.78, 5) is 23.3. The van der Waals surface area contributed by atoms with Crippen LogP contribution in [0.15, 0.2) is 42.5 Å². The molecule has 0 heterocycles. The predicted octanol–water partition coefficient (Wildman–Crippen LogP) is 4.32. The first-order chi connectivity index (χ1) is 9.85. The molecule has 0 aliphatic carbocycles. The van der Waals surface area contributed by atoms with Crippen LogP contribution in [0.25, 0.3) is 10.8 Å². The second-order valence-electron chi connectivity index (χ2n) is 4.82. The average Bonchev–Trinajstić information content (AvgIpc) is 2.44. The smallest absolute Gasteiger partial charge is 0.299 e. The van der Waals surface area contributed by atoms with Crippen molar-refractivity contribution >= 4 is 22.3 Å². The molecule has 2 nitrogen and oxygen atoms in total. The van der Waals surface area contributed by atoms with Crippen molar-refractivity contribution in [3.63, 3.8) is 0 Å². The van der Waals surface area contributed by atoms with E-state index in [1.54, 1.807) is 18.2 Å². The second-order valence-corrected chi connectivity index (χ2v) is 4.82. The molecule has 0 radical (unpaired) electrons. The van der Waals surface area contributed by atoms with Gasteiger partial charge in [-0.25, -0.2) is 0 Å². The van der Waals surface area contributed by atoms with Gasteiger partial charge >= 0.3 is 6.18 Å². The van der Waals surface area contributed by atoms with Gasteiger partial charge in [-0.2, -0.15) is 13.2 Å². The van der Waals surface area contributed by atoms with E-state index in [9.17, 15) is 22.8 Å². The van der Waals surface area contributed by atoms with E-state index in [1.165, 1.54) is 0 Å². The highest BCUT2D eigenvalue weighted by atomic mass is 19.4. The van der Waals surface area contributed by atoms with Crippen LogP contribution in [0.5, 0.6) is 0 Å². The maximum absolute atomic E-state index is 12.0. The Bertz CT molecular complexity index is 675. The van der Waals surface area contributed by atoms with E-state index in [2.05, 4.69) is 0 Å². The number of alkyl halides is 3. The maximum atomic E-state index is 12.0. The number of hydrogen-bond donors (Lipinski definition) is 0. The van der Waals surface area contributed by atoms with E-state index in [4.69, 9.17) is 0 Å². The molecule has 5 heteroatoms. The molecule has 0 saturated heterocycles. The number of ketones is 2. The summed E-state index contributed by atoms with van der Waals surface area (Å²) in [5.74, 6) is -1.14. The molecule has 0 saturated carbocycles. The summed E-state index contributed by atoms with van der Waals surface area (Å²) in [6.45, 7) is 0. The van der Waals surface area contributed by atoms with E-state index >= 15 is 0 Å². The lowest BCUT2D eigenvalue weighted by molar-refractivity contribution is -0.142. The zero-order valence-corrected chi connectivity index (χ0v) is 11.1. The van der Waals surface area contributed by atoms with Crippen LogP contribution in [0.3, 0.4) is 0 Å². The molecule has 2 aromatic rings. The number of carbonyl (C=O) groups excluding carboxylic acids is 2. The summed E-state index contributed by atoms with van der Waals surface area (Å²) in [5.41, 5.74) is 0.342. The number of halogens is 3. The molecular weight excluding hydrogens is 281 g/mol. The minimum atomic E-state index is -4.37. The van der Waals surface area contributed by atoms with Gasteiger partial charge < -0.3 is 0 Å². The summed E-state index contributed by atoms with van der Waals surface area (Å²) < 4.78 is 36.0. The third-order valence-electron chi connectivity index (χ3n) is 3.12. The Labute approximate surface area is 119 Å². The fourth-order valence-corrected chi connectivity index (χ4v) is 2.01.